The van der Waals surface area contributed by atoms with Crippen molar-refractivity contribution in [1.82, 2.24) is 10.4 Å². The van der Waals surface area contributed by atoms with Crippen LogP contribution in [0.2, 0.25) is 0 Å². The SMILES string of the molecule is CC(C)/C=C(/Cl)CCC[C@]1(C)C[C@@H](O)CCN(O)CCNC1=O. The predicted molar refractivity (Wildman–Crippen MR) is 92.3 cm³/mol. The topological polar surface area (TPSA) is 72.8 Å². The van der Waals surface area contributed by atoms with E-state index in [2.05, 4.69) is 19.2 Å². The van der Waals surface area contributed by atoms with E-state index in [1.807, 2.05) is 13.0 Å². The summed E-state index contributed by atoms with van der Waals surface area (Å²) in [5, 5.41) is 24.6. The molecule has 0 radical (unpaired) electrons. The van der Waals surface area contributed by atoms with E-state index in [1.54, 1.807) is 0 Å². The molecule has 0 aromatic rings. The van der Waals surface area contributed by atoms with Crippen molar-refractivity contribution < 1.29 is 15.1 Å². The van der Waals surface area contributed by atoms with Crippen LogP contribution in [0.3, 0.4) is 0 Å². The number of aliphatic hydroxyl groups excluding tert-OH is 1. The predicted octanol–water partition coefficient (Wildman–Crippen LogP) is 2.90. The number of nitrogens with one attached hydrogen (secondary N) is 1. The van der Waals surface area contributed by atoms with Crippen LogP contribution < -0.4 is 5.32 Å². The Balaban J connectivity index is 2.64. The zero-order valence-corrected chi connectivity index (χ0v) is 15.3. The highest BCUT2D eigenvalue weighted by molar-refractivity contribution is 6.29. The van der Waals surface area contributed by atoms with Crippen molar-refractivity contribution in [1.29, 1.82) is 0 Å². The van der Waals surface area contributed by atoms with Crippen molar-refractivity contribution >= 4 is 17.5 Å². The minimum absolute atomic E-state index is 0.0594. The van der Waals surface area contributed by atoms with Gasteiger partial charge in [0.2, 0.25) is 5.91 Å². The Hall–Kier alpha value is -0.620. The quantitative estimate of drug-likeness (QED) is 0.715. The number of rotatable bonds is 5. The van der Waals surface area contributed by atoms with E-state index in [4.69, 9.17) is 11.6 Å². The van der Waals surface area contributed by atoms with E-state index >= 15 is 0 Å². The second-order valence-corrected chi connectivity index (χ2v) is 7.61. The summed E-state index contributed by atoms with van der Waals surface area (Å²) in [5.74, 6) is 0.356. The van der Waals surface area contributed by atoms with Gasteiger partial charge in [-0.15, -0.1) is 0 Å². The van der Waals surface area contributed by atoms with Crippen LogP contribution in [0.4, 0.5) is 0 Å². The molecule has 1 saturated heterocycles. The Morgan fingerprint density at radius 1 is 1.52 bits per heavy atom. The molecule has 1 aliphatic rings. The van der Waals surface area contributed by atoms with Gasteiger partial charge in [0, 0.05) is 30.1 Å². The number of carbonyl (C=O) groups is 1. The van der Waals surface area contributed by atoms with Crippen LogP contribution in [0.15, 0.2) is 11.1 Å². The summed E-state index contributed by atoms with van der Waals surface area (Å²) in [7, 11) is 0. The first-order valence-corrected chi connectivity index (χ1v) is 8.87. The second kappa shape index (κ2) is 9.62. The lowest BCUT2D eigenvalue weighted by Crippen LogP contribution is -2.45. The average Bonchev–Trinajstić information content (AvgIpc) is 2.43. The maximum Gasteiger partial charge on any atom is 0.226 e. The summed E-state index contributed by atoms with van der Waals surface area (Å²) in [5.41, 5.74) is -0.605. The normalized spacial score (nSPS) is 28.7. The molecule has 2 atom stereocenters. The summed E-state index contributed by atoms with van der Waals surface area (Å²) < 4.78 is 0. The van der Waals surface area contributed by atoms with Crippen LogP contribution in [0, 0.1) is 11.3 Å². The molecule has 0 aliphatic carbocycles. The minimum atomic E-state index is -0.605. The smallest absolute Gasteiger partial charge is 0.226 e. The monoisotopic (exact) mass is 346 g/mol. The van der Waals surface area contributed by atoms with Crippen molar-refractivity contribution in [3.63, 3.8) is 0 Å². The molecule has 0 spiro atoms. The van der Waals surface area contributed by atoms with Crippen molar-refractivity contribution in [3.8, 4) is 0 Å². The van der Waals surface area contributed by atoms with Crippen molar-refractivity contribution in [2.24, 2.45) is 11.3 Å². The fourth-order valence-electron chi connectivity index (χ4n) is 2.94. The Morgan fingerprint density at radius 2 is 2.22 bits per heavy atom. The summed E-state index contributed by atoms with van der Waals surface area (Å²) in [6, 6.07) is 0. The molecule has 1 fully saturated rings. The van der Waals surface area contributed by atoms with Crippen molar-refractivity contribution in [2.75, 3.05) is 19.6 Å². The number of amides is 1. The van der Waals surface area contributed by atoms with Gasteiger partial charge in [-0.05, 0) is 38.0 Å². The molecule has 1 heterocycles. The minimum Gasteiger partial charge on any atom is -0.393 e. The van der Waals surface area contributed by atoms with E-state index in [9.17, 15) is 15.1 Å². The molecular formula is C17H31ClN2O3. The molecule has 0 saturated carbocycles. The third-order valence-electron chi connectivity index (χ3n) is 4.27. The number of aliphatic hydroxyl groups is 1. The molecule has 0 bridgehead atoms. The van der Waals surface area contributed by atoms with Crippen LogP contribution in [0.5, 0.6) is 0 Å². The van der Waals surface area contributed by atoms with Gasteiger partial charge in [0.1, 0.15) is 0 Å². The highest BCUT2D eigenvalue weighted by atomic mass is 35.5. The number of hydrogen-bond acceptors (Lipinski definition) is 4. The zero-order valence-electron chi connectivity index (χ0n) is 14.5. The van der Waals surface area contributed by atoms with Crippen LogP contribution in [0.25, 0.3) is 0 Å². The van der Waals surface area contributed by atoms with Gasteiger partial charge in [-0.1, -0.05) is 38.4 Å². The van der Waals surface area contributed by atoms with Gasteiger partial charge in [0.15, 0.2) is 0 Å². The lowest BCUT2D eigenvalue weighted by Gasteiger charge is -2.32. The maximum absolute atomic E-state index is 12.5. The fraction of sp³-hybridized carbons (Fsp3) is 0.824. The van der Waals surface area contributed by atoms with Gasteiger partial charge in [-0.25, -0.2) is 0 Å². The average molecular weight is 347 g/mol. The van der Waals surface area contributed by atoms with Crippen molar-refractivity contribution in [3.05, 3.63) is 11.1 Å². The lowest BCUT2D eigenvalue weighted by atomic mass is 9.78. The summed E-state index contributed by atoms with van der Waals surface area (Å²) >= 11 is 6.20. The highest BCUT2D eigenvalue weighted by Crippen LogP contribution is 2.32. The van der Waals surface area contributed by atoms with Crippen LogP contribution in [-0.2, 0) is 4.79 Å². The molecule has 134 valence electrons. The van der Waals surface area contributed by atoms with E-state index < -0.39 is 11.5 Å². The first kappa shape index (κ1) is 20.4. The summed E-state index contributed by atoms with van der Waals surface area (Å²) in [6.07, 6.45) is 4.54. The fourth-order valence-corrected chi connectivity index (χ4v) is 3.33. The van der Waals surface area contributed by atoms with Gasteiger partial charge >= 0.3 is 0 Å². The molecule has 5 nitrogen and oxygen atoms in total. The Bertz CT molecular complexity index is 415. The first-order chi connectivity index (χ1) is 10.7. The van der Waals surface area contributed by atoms with E-state index in [1.165, 1.54) is 0 Å². The highest BCUT2D eigenvalue weighted by Gasteiger charge is 2.35. The number of nitrogens with zero attached hydrogens (tertiary/aromatic N) is 1. The summed E-state index contributed by atoms with van der Waals surface area (Å²) in [6.45, 7) is 7.27. The summed E-state index contributed by atoms with van der Waals surface area (Å²) in [4.78, 5) is 12.5. The van der Waals surface area contributed by atoms with E-state index in [-0.39, 0.29) is 5.91 Å². The molecule has 1 amide bonds. The Morgan fingerprint density at radius 3 is 2.87 bits per heavy atom. The Labute approximate surface area is 144 Å². The molecule has 0 unspecified atom stereocenters. The number of hydrogen-bond donors (Lipinski definition) is 3. The third-order valence-corrected chi connectivity index (χ3v) is 4.58. The molecule has 1 aliphatic heterocycles. The molecule has 1 rings (SSSR count). The van der Waals surface area contributed by atoms with Gasteiger partial charge in [0.25, 0.3) is 0 Å². The van der Waals surface area contributed by atoms with Crippen LogP contribution in [0.1, 0.15) is 52.9 Å². The third kappa shape index (κ3) is 7.66. The Kier molecular flexibility index (Phi) is 8.54. The number of carbonyl (C=O) groups excluding carboxylic acids is 1. The molecule has 6 heteroatoms. The molecule has 0 aromatic heterocycles. The number of hydroxylamine groups is 2. The van der Waals surface area contributed by atoms with Gasteiger partial charge in [0.05, 0.1) is 6.10 Å². The van der Waals surface area contributed by atoms with Gasteiger partial charge in [-0.3, -0.25) is 4.79 Å². The van der Waals surface area contributed by atoms with E-state index in [0.717, 1.165) is 22.9 Å². The van der Waals surface area contributed by atoms with E-state index in [0.29, 0.717) is 44.8 Å². The maximum atomic E-state index is 12.5. The lowest BCUT2D eigenvalue weighted by molar-refractivity contribution is -0.136. The number of allylic oxidation sites excluding steroid dienone is 2. The standard InChI is InChI=1S/C17H31ClN2O3/c1-13(2)11-14(18)5-4-7-17(3)12-15(21)6-9-20(23)10-8-19-16(17)22/h11,13,15,21,23H,4-10,12H2,1-3H3,(H,19,22)/b14-11+/t15-,17+/m0/s1. The van der Waals surface area contributed by atoms with Crippen molar-refractivity contribution in [2.45, 2.75) is 59.0 Å². The number of halogens is 1. The second-order valence-electron chi connectivity index (χ2n) is 7.13. The molecule has 23 heavy (non-hydrogen) atoms. The van der Waals surface area contributed by atoms with Gasteiger partial charge < -0.3 is 15.6 Å². The van der Waals surface area contributed by atoms with Crippen LogP contribution in [-0.4, -0.2) is 47.0 Å². The molecule has 3 N–H and O–H groups in total. The largest absolute Gasteiger partial charge is 0.393 e. The first-order valence-electron chi connectivity index (χ1n) is 8.49. The molecular weight excluding hydrogens is 316 g/mol. The zero-order chi connectivity index (χ0) is 17.5. The van der Waals surface area contributed by atoms with Gasteiger partial charge in [-0.2, -0.15) is 5.06 Å². The molecule has 0 aromatic carbocycles. The van der Waals surface area contributed by atoms with Crippen LogP contribution >= 0.6 is 11.6 Å².